The van der Waals surface area contributed by atoms with Gasteiger partial charge in [0.15, 0.2) is 0 Å². The van der Waals surface area contributed by atoms with Crippen LogP contribution < -0.4 is 0 Å². The highest BCUT2D eigenvalue weighted by Gasteiger charge is 2.29. The van der Waals surface area contributed by atoms with Crippen LogP contribution in [0.15, 0.2) is 30.3 Å². The van der Waals surface area contributed by atoms with Crippen LogP contribution in [0.2, 0.25) is 0 Å². The number of hydrogen-bond donors (Lipinski definition) is 0. The Morgan fingerprint density at radius 1 is 1.29 bits per heavy atom. The van der Waals surface area contributed by atoms with Crippen LogP contribution in [0.1, 0.15) is 29.9 Å². The Morgan fingerprint density at radius 2 is 2.10 bits per heavy atom. The van der Waals surface area contributed by atoms with Gasteiger partial charge in [0.25, 0.3) is 0 Å². The molecule has 1 aliphatic rings. The first-order valence-electron chi connectivity index (χ1n) is 7.53. The molecule has 1 aromatic carbocycles. The molecule has 0 saturated heterocycles. The summed E-state index contributed by atoms with van der Waals surface area (Å²) in [6, 6.07) is 10.5. The zero-order valence-electron chi connectivity index (χ0n) is 12.7. The van der Waals surface area contributed by atoms with E-state index < -0.39 is 0 Å². The topological polar surface area (TPSA) is 43.2 Å². The summed E-state index contributed by atoms with van der Waals surface area (Å²) in [7, 11) is 2.13. The summed E-state index contributed by atoms with van der Waals surface area (Å²) in [4.78, 5) is 2.31. The van der Waals surface area contributed by atoms with E-state index in [1.165, 1.54) is 11.3 Å². The van der Waals surface area contributed by atoms with E-state index in [2.05, 4.69) is 41.3 Å². The van der Waals surface area contributed by atoms with Gasteiger partial charge in [-0.1, -0.05) is 35.5 Å². The summed E-state index contributed by atoms with van der Waals surface area (Å²) in [6.45, 7) is 5.31. The number of benzene rings is 1. The number of fused-ring (bicyclic) bond motifs is 1. The van der Waals surface area contributed by atoms with E-state index in [1.54, 1.807) is 0 Å². The number of aryl methyl sites for hydroxylation is 1. The molecule has 1 aromatic heterocycles. The van der Waals surface area contributed by atoms with E-state index >= 15 is 0 Å². The maximum Gasteiger partial charge on any atom is 0.105 e. The van der Waals surface area contributed by atoms with Crippen molar-refractivity contribution < 1.29 is 4.74 Å². The van der Waals surface area contributed by atoms with Crippen LogP contribution in [0.5, 0.6) is 0 Å². The molecule has 0 saturated carbocycles. The second kappa shape index (κ2) is 6.37. The van der Waals surface area contributed by atoms with Gasteiger partial charge in [0.05, 0.1) is 24.9 Å². The SMILES string of the molecule is CCn1nnc2c1CCN(C)C2COCc1ccccc1. The minimum absolute atomic E-state index is 0.206. The highest BCUT2D eigenvalue weighted by atomic mass is 16.5. The van der Waals surface area contributed by atoms with Crippen LogP contribution in [0.25, 0.3) is 0 Å². The molecule has 3 rings (SSSR count). The van der Waals surface area contributed by atoms with E-state index in [9.17, 15) is 0 Å². The third-order valence-electron chi connectivity index (χ3n) is 4.10. The van der Waals surface area contributed by atoms with Crippen LogP contribution in [0, 0.1) is 0 Å². The molecular formula is C16H22N4O. The van der Waals surface area contributed by atoms with Crippen LogP contribution in [-0.4, -0.2) is 40.1 Å². The summed E-state index contributed by atoms with van der Waals surface area (Å²) >= 11 is 0. The molecule has 2 aromatic rings. The highest BCUT2D eigenvalue weighted by Crippen LogP contribution is 2.27. The number of rotatable bonds is 5. The zero-order valence-corrected chi connectivity index (χ0v) is 12.7. The van der Waals surface area contributed by atoms with Crippen molar-refractivity contribution in [3.05, 3.63) is 47.3 Å². The molecule has 2 heterocycles. The highest BCUT2D eigenvalue weighted by molar-refractivity contribution is 5.19. The van der Waals surface area contributed by atoms with Crippen molar-refractivity contribution in [2.24, 2.45) is 0 Å². The van der Waals surface area contributed by atoms with E-state index in [4.69, 9.17) is 4.74 Å². The number of likely N-dealkylation sites (N-methyl/N-ethyl adjacent to an activating group) is 1. The number of aromatic nitrogens is 3. The lowest BCUT2D eigenvalue weighted by Gasteiger charge is -2.31. The Hall–Kier alpha value is -1.72. The Morgan fingerprint density at radius 3 is 2.86 bits per heavy atom. The first kappa shape index (κ1) is 14.2. The van der Waals surface area contributed by atoms with E-state index in [1.807, 2.05) is 22.9 Å². The van der Waals surface area contributed by atoms with Crippen molar-refractivity contribution in [2.45, 2.75) is 32.5 Å². The normalized spacial score (nSPS) is 18.7. The van der Waals surface area contributed by atoms with Crippen molar-refractivity contribution in [1.82, 2.24) is 19.9 Å². The summed E-state index contributed by atoms with van der Waals surface area (Å²) in [5, 5.41) is 8.63. The lowest BCUT2D eigenvalue weighted by Crippen LogP contribution is -2.35. The molecule has 0 spiro atoms. The minimum atomic E-state index is 0.206. The second-order valence-corrected chi connectivity index (χ2v) is 5.48. The minimum Gasteiger partial charge on any atom is -0.375 e. The lowest BCUT2D eigenvalue weighted by molar-refractivity contribution is 0.0536. The van der Waals surface area contributed by atoms with Gasteiger partial charge in [-0.15, -0.1) is 5.10 Å². The summed E-state index contributed by atoms with van der Waals surface area (Å²) in [6.07, 6.45) is 1.02. The fourth-order valence-electron chi connectivity index (χ4n) is 2.83. The van der Waals surface area contributed by atoms with Gasteiger partial charge in [0, 0.05) is 19.5 Å². The standard InChI is InChI=1S/C16H22N4O/c1-3-20-14-9-10-19(2)15(16(14)17-18-20)12-21-11-13-7-5-4-6-8-13/h4-8,15H,3,9-12H2,1-2H3. The molecule has 1 unspecified atom stereocenters. The lowest BCUT2D eigenvalue weighted by atomic mass is 10.0. The van der Waals surface area contributed by atoms with E-state index in [-0.39, 0.29) is 6.04 Å². The average Bonchev–Trinajstić information content (AvgIpc) is 2.93. The molecule has 1 atom stereocenters. The molecule has 1 aliphatic heterocycles. The Labute approximate surface area is 125 Å². The quantitative estimate of drug-likeness (QED) is 0.843. The van der Waals surface area contributed by atoms with Gasteiger partial charge in [-0.3, -0.25) is 4.90 Å². The van der Waals surface area contributed by atoms with Gasteiger partial charge < -0.3 is 4.74 Å². The molecule has 112 valence electrons. The second-order valence-electron chi connectivity index (χ2n) is 5.48. The molecule has 0 amide bonds. The van der Waals surface area contributed by atoms with Crippen molar-refractivity contribution in [3.8, 4) is 0 Å². The molecule has 0 fully saturated rings. The van der Waals surface area contributed by atoms with E-state index in [0.29, 0.717) is 13.2 Å². The molecule has 0 radical (unpaired) electrons. The van der Waals surface area contributed by atoms with Crippen molar-refractivity contribution in [1.29, 1.82) is 0 Å². The molecule has 5 heteroatoms. The smallest absolute Gasteiger partial charge is 0.105 e. The Kier molecular flexibility index (Phi) is 4.31. The predicted octanol–water partition coefficient (Wildman–Crippen LogP) is 2.04. The fraction of sp³-hybridized carbons (Fsp3) is 0.500. The molecule has 0 bridgehead atoms. The Balaban J connectivity index is 1.66. The molecule has 5 nitrogen and oxygen atoms in total. The van der Waals surface area contributed by atoms with Crippen LogP contribution in [0.4, 0.5) is 0 Å². The monoisotopic (exact) mass is 286 g/mol. The summed E-state index contributed by atoms with van der Waals surface area (Å²) < 4.78 is 7.92. The molecule has 0 aliphatic carbocycles. The van der Waals surface area contributed by atoms with Crippen molar-refractivity contribution in [3.63, 3.8) is 0 Å². The molecular weight excluding hydrogens is 264 g/mol. The number of ether oxygens (including phenoxy) is 1. The van der Waals surface area contributed by atoms with Crippen molar-refractivity contribution in [2.75, 3.05) is 20.2 Å². The van der Waals surface area contributed by atoms with Gasteiger partial charge in [-0.25, -0.2) is 4.68 Å². The van der Waals surface area contributed by atoms with Gasteiger partial charge in [-0.05, 0) is 19.5 Å². The average molecular weight is 286 g/mol. The number of nitrogens with zero attached hydrogens (tertiary/aromatic N) is 4. The zero-order chi connectivity index (χ0) is 14.7. The largest absolute Gasteiger partial charge is 0.375 e. The van der Waals surface area contributed by atoms with Gasteiger partial charge in [-0.2, -0.15) is 0 Å². The third-order valence-corrected chi connectivity index (χ3v) is 4.10. The summed E-state index contributed by atoms with van der Waals surface area (Å²) in [5.74, 6) is 0. The summed E-state index contributed by atoms with van der Waals surface area (Å²) in [5.41, 5.74) is 3.55. The number of hydrogen-bond acceptors (Lipinski definition) is 4. The van der Waals surface area contributed by atoms with Gasteiger partial charge in [0.1, 0.15) is 5.69 Å². The van der Waals surface area contributed by atoms with Crippen LogP contribution >= 0.6 is 0 Å². The van der Waals surface area contributed by atoms with Crippen LogP contribution in [0.3, 0.4) is 0 Å². The molecule has 21 heavy (non-hydrogen) atoms. The van der Waals surface area contributed by atoms with Gasteiger partial charge >= 0.3 is 0 Å². The van der Waals surface area contributed by atoms with Crippen LogP contribution in [-0.2, 0) is 24.3 Å². The fourth-order valence-corrected chi connectivity index (χ4v) is 2.83. The van der Waals surface area contributed by atoms with Crippen molar-refractivity contribution >= 4 is 0 Å². The first-order chi connectivity index (χ1) is 10.3. The predicted molar refractivity (Wildman–Crippen MR) is 80.9 cm³/mol. The Bertz CT molecular complexity index is 581. The van der Waals surface area contributed by atoms with Gasteiger partial charge in [0.2, 0.25) is 0 Å². The maximum atomic E-state index is 5.91. The molecule has 0 N–H and O–H groups in total. The maximum absolute atomic E-state index is 5.91. The third kappa shape index (κ3) is 2.99. The first-order valence-corrected chi connectivity index (χ1v) is 7.53. The van der Waals surface area contributed by atoms with E-state index in [0.717, 1.165) is 25.2 Å².